The molecule has 0 aliphatic rings. The number of para-hydroxylation sites is 1. The molecule has 0 aromatic heterocycles. The molecule has 0 spiro atoms. The second-order valence-corrected chi connectivity index (χ2v) is 4.94. The summed E-state index contributed by atoms with van der Waals surface area (Å²) in [5, 5.41) is 0. The molecule has 114 valence electrons. The molecule has 0 amide bonds. The van der Waals surface area contributed by atoms with Gasteiger partial charge in [-0.05, 0) is 37.8 Å². The largest absolute Gasteiger partial charge is 0.496 e. The minimum atomic E-state index is -0.246. The third-order valence-corrected chi connectivity index (χ3v) is 4.08. The third-order valence-electron chi connectivity index (χ3n) is 4.08. The molecule has 4 nitrogen and oxygen atoms in total. The van der Waals surface area contributed by atoms with E-state index < -0.39 is 0 Å². The van der Waals surface area contributed by atoms with E-state index in [-0.39, 0.29) is 11.6 Å². The fourth-order valence-corrected chi connectivity index (χ4v) is 2.82. The van der Waals surface area contributed by atoms with Crippen LogP contribution in [0.5, 0.6) is 5.75 Å². The van der Waals surface area contributed by atoms with Gasteiger partial charge in [-0.2, -0.15) is 0 Å². The summed E-state index contributed by atoms with van der Waals surface area (Å²) in [6.45, 7) is 7.00. The van der Waals surface area contributed by atoms with Crippen molar-refractivity contribution in [2.75, 3.05) is 13.7 Å². The Morgan fingerprint density at radius 1 is 1.20 bits per heavy atom. The van der Waals surface area contributed by atoms with E-state index in [1.54, 1.807) is 7.11 Å². The lowest BCUT2D eigenvalue weighted by atomic mass is 9.84. The van der Waals surface area contributed by atoms with E-state index in [0.29, 0.717) is 6.61 Å². The lowest BCUT2D eigenvalue weighted by Gasteiger charge is -2.39. The van der Waals surface area contributed by atoms with Crippen LogP contribution in [0.3, 0.4) is 0 Å². The summed E-state index contributed by atoms with van der Waals surface area (Å²) in [5.74, 6) is 6.70. The number of methoxy groups -OCH3 is 1. The monoisotopic (exact) mass is 280 g/mol. The number of hydrogen-bond acceptors (Lipinski definition) is 4. The molecule has 0 heterocycles. The first-order valence-electron chi connectivity index (χ1n) is 7.39. The molecular formula is C16H28N2O2. The first kappa shape index (κ1) is 17.0. The molecule has 0 saturated carbocycles. The predicted molar refractivity (Wildman–Crippen MR) is 82.7 cm³/mol. The molecule has 20 heavy (non-hydrogen) atoms. The van der Waals surface area contributed by atoms with Crippen LogP contribution in [0.1, 0.15) is 39.2 Å². The molecular weight excluding hydrogens is 252 g/mol. The quantitative estimate of drug-likeness (QED) is 0.539. The molecule has 3 N–H and O–H groups in total. The van der Waals surface area contributed by atoms with E-state index in [4.69, 9.17) is 15.3 Å². The van der Waals surface area contributed by atoms with Crippen molar-refractivity contribution in [1.29, 1.82) is 0 Å². The van der Waals surface area contributed by atoms with Crippen LogP contribution in [-0.2, 0) is 11.2 Å². The highest BCUT2D eigenvalue weighted by Gasteiger charge is 2.36. The van der Waals surface area contributed by atoms with Gasteiger partial charge in [0.25, 0.3) is 0 Å². The number of nitrogens with two attached hydrogens (primary N) is 1. The van der Waals surface area contributed by atoms with Crippen LogP contribution >= 0.6 is 0 Å². The van der Waals surface area contributed by atoms with Gasteiger partial charge < -0.3 is 9.47 Å². The fraction of sp³-hybridized carbons (Fsp3) is 0.625. The fourth-order valence-electron chi connectivity index (χ4n) is 2.82. The smallest absolute Gasteiger partial charge is 0.122 e. The van der Waals surface area contributed by atoms with E-state index >= 15 is 0 Å². The van der Waals surface area contributed by atoms with Gasteiger partial charge in [0.2, 0.25) is 0 Å². The Bertz CT molecular complexity index is 392. The van der Waals surface area contributed by atoms with Crippen molar-refractivity contribution in [3.63, 3.8) is 0 Å². The number of rotatable bonds is 9. The zero-order valence-corrected chi connectivity index (χ0v) is 13.1. The van der Waals surface area contributed by atoms with Gasteiger partial charge in [0.15, 0.2) is 0 Å². The molecule has 0 bridgehead atoms. The van der Waals surface area contributed by atoms with Gasteiger partial charge in [-0.25, -0.2) is 0 Å². The molecule has 0 fully saturated rings. The van der Waals surface area contributed by atoms with Gasteiger partial charge in [0.05, 0.1) is 18.8 Å². The second-order valence-electron chi connectivity index (χ2n) is 4.94. The number of hydrazine groups is 1. The number of hydrogen-bond donors (Lipinski definition) is 2. The van der Waals surface area contributed by atoms with Gasteiger partial charge in [-0.15, -0.1) is 0 Å². The van der Waals surface area contributed by atoms with Gasteiger partial charge in [0.1, 0.15) is 5.75 Å². The highest BCUT2D eigenvalue weighted by Crippen LogP contribution is 2.29. The summed E-state index contributed by atoms with van der Waals surface area (Å²) >= 11 is 0. The maximum absolute atomic E-state index is 6.04. The van der Waals surface area contributed by atoms with E-state index in [0.717, 1.165) is 30.6 Å². The van der Waals surface area contributed by atoms with Crippen molar-refractivity contribution in [3.8, 4) is 5.75 Å². The molecule has 0 radical (unpaired) electrons. The summed E-state index contributed by atoms with van der Waals surface area (Å²) in [5.41, 5.74) is 3.85. The van der Waals surface area contributed by atoms with Gasteiger partial charge in [0, 0.05) is 6.61 Å². The number of benzene rings is 1. The minimum absolute atomic E-state index is 0.0498. The van der Waals surface area contributed by atoms with Crippen LogP contribution in [0, 0.1) is 0 Å². The van der Waals surface area contributed by atoms with Crippen molar-refractivity contribution in [1.82, 2.24) is 5.43 Å². The summed E-state index contributed by atoms with van der Waals surface area (Å²) in [6, 6.07) is 8.09. The first-order valence-corrected chi connectivity index (χ1v) is 7.39. The van der Waals surface area contributed by atoms with Crippen LogP contribution in [-0.4, -0.2) is 25.4 Å². The molecule has 1 atom stereocenters. The van der Waals surface area contributed by atoms with E-state index in [2.05, 4.69) is 25.3 Å². The van der Waals surface area contributed by atoms with E-state index in [1.807, 2.05) is 25.1 Å². The molecule has 1 aromatic rings. The third kappa shape index (κ3) is 3.72. The summed E-state index contributed by atoms with van der Waals surface area (Å²) in [6.07, 6.45) is 2.62. The summed E-state index contributed by atoms with van der Waals surface area (Å²) < 4.78 is 11.5. The summed E-state index contributed by atoms with van der Waals surface area (Å²) in [4.78, 5) is 0. The Balaban J connectivity index is 2.99. The standard InChI is InChI=1S/C16H28N2O2/c1-5-16(6-2,20-7-3)15(18-17)12-13-10-8-9-11-14(13)19-4/h8-11,15,18H,5-7,12,17H2,1-4H3. The lowest BCUT2D eigenvalue weighted by Crippen LogP contribution is -2.55. The van der Waals surface area contributed by atoms with Crippen molar-refractivity contribution >= 4 is 0 Å². The maximum atomic E-state index is 6.04. The maximum Gasteiger partial charge on any atom is 0.122 e. The SMILES string of the molecule is CCOC(CC)(CC)C(Cc1ccccc1OC)NN. The highest BCUT2D eigenvalue weighted by atomic mass is 16.5. The zero-order valence-electron chi connectivity index (χ0n) is 13.1. The number of ether oxygens (including phenoxy) is 2. The second kappa shape index (κ2) is 8.25. The Morgan fingerprint density at radius 2 is 1.85 bits per heavy atom. The predicted octanol–water partition coefficient (Wildman–Crippen LogP) is 2.66. The normalized spacial score (nSPS) is 13.2. The van der Waals surface area contributed by atoms with E-state index in [9.17, 15) is 0 Å². The highest BCUT2D eigenvalue weighted by molar-refractivity contribution is 5.34. The molecule has 4 heteroatoms. The molecule has 1 unspecified atom stereocenters. The van der Waals surface area contributed by atoms with E-state index in [1.165, 1.54) is 0 Å². The van der Waals surface area contributed by atoms with Crippen LogP contribution in [0.25, 0.3) is 0 Å². The number of nitrogens with one attached hydrogen (secondary N) is 1. The Morgan fingerprint density at radius 3 is 2.35 bits per heavy atom. The van der Waals surface area contributed by atoms with Crippen LogP contribution < -0.4 is 16.0 Å². The topological polar surface area (TPSA) is 56.5 Å². The minimum Gasteiger partial charge on any atom is -0.496 e. The van der Waals surface area contributed by atoms with Crippen molar-refractivity contribution < 1.29 is 9.47 Å². The van der Waals surface area contributed by atoms with Crippen LogP contribution in [0.15, 0.2) is 24.3 Å². The first-order chi connectivity index (χ1) is 9.67. The van der Waals surface area contributed by atoms with Crippen molar-refractivity contribution in [2.24, 2.45) is 5.84 Å². The van der Waals surface area contributed by atoms with Crippen molar-refractivity contribution in [3.05, 3.63) is 29.8 Å². The van der Waals surface area contributed by atoms with Crippen LogP contribution in [0.2, 0.25) is 0 Å². The Kier molecular flexibility index (Phi) is 6.99. The zero-order chi connectivity index (χ0) is 15.0. The lowest BCUT2D eigenvalue weighted by molar-refractivity contribution is -0.0720. The molecule has 1 aromatic carbocycles. The molecule has 0 aliphatic carbocycles. The molecule has 1 rings (SSSR count). The van der Waals surface area contributed by atoms with Gasteiger partial charge in [-0.3, -0.25) is 11.3 Å². The average Bonchev–Trinajstić information content (AvgIpc) is 2.51. The van der Waals surface area contributed by atoms with Gasteiger partial charge in [-0.1, -0.05) is 32.0 Å². The van der Waals surface area contributed by atoms with Crippen molar-refractivity contribution in [2.45, 2.75) is 51.7 Å². The summed E-state index contributed by atoms with van der Waals surface area (Å²) in [7, 11) is 1.69. The Hall–Kier alpha value is -1.10. The Labute approximate surface area is 122 Å². The molecule has 0 saturated heterocycles. The average molecular weight is 280 g/mol. The molecule has 0 aliphatic heterocycles. The van der Waals surface area contributed by atoms with Crippen LogP contribution in [0.4, 0.5) is 0 Å². The van der Waals surface area contributed by atoms with Gasteiger partial charge >= 0.3 is 0 Å².